The molecule has 0 spiro atoms. The van der Waals surface area contributed by atoms with Gasteiger partial charge in [-0.15, -0.1) is 0 Å². The van der Waals surface area contributed by atoms with Crippen LogP contribution in [0.3, 0.4) is 0 Å². The van der Waals surface area contributed by atoms with Gasteiger partial charge in [0, 0.05) is 23.5 Å². The average Bonchev–Trinajstić information content (AvgIpc) is 2.65. The van der Waals surface area contributed by atoms with E-state index in [1.54, 1.807) is 36.4 Å². The number of nitriles is 2. The fourth-order valence-electron chi connectivity index (χ4n) is 5.36. The van der Waals surface area contributed by atoms with Gasteiger partial charge in [0.25, 0.3) is 5.91 Å². The van der Waals surface area contributed by atoms with Gasteiger partial charge in [0.15, 0.2) is 0 Å². The summed E-state index contributed by atoms with van der Waals surface area (Å²) < 4.78 is 0. The molecule has 5 rings (SSSR count). The van der Waals surface area contributed by atoms with Crippen LogP contribution in [0, 0.1) is 46.3 Å². The topological polar surface area (TPSA) is 88.7 Å². The normalized spacial score (nSPS) is 30.8. The van der Waals surface area contributed by atoms with Gasteiger partial charge in [-0.25, -0.2) is 0 Å². The van der Waals surface area contributed by atoms with Gasteiger partial charge < -0.3 is 10.6 Å². The van der Waals surface area contributed by atoms with E-state index in [4.69, 9.17) is 10.5 Å². The van der Waals surface area contributed by atoms with Gasteiger partial charge in [0.2, 0.25) is 0 Å². The summed E-state index contributed by atoms with van der Waals surface area (Å²) in [7, 11) is 0. The highest BCUT2D eigenvalue weighted by Crippen LogP contribution is 2.53. The number of allylic oxidation sites excluding steroid dienone is 1. The minimum atomic E-state index is -0.000644. The van der Waals surface area contributed by atoms with Crippen molar-refractivity contribution in [2.45, 2.75) is 38.1 Å². The van der Waals surface area contributed by atoms with Crippen LogP contribution in [0.25, 0.3) is 0 Å². The van der Waals surface area contributed by atoms with Gasteiger partial charge in [-0.2, -0.15) is 10.5 Å². The Morgan fingerprint density at radius 1 is 0.962 bits per heavy atom. The summed E-state index contributed by atoms with van der Waals surface area (Å²) in [5.74, 6) is 3.12. The van der Waals surface area contributed by atoms with E-state index in [1.165, 1.54) is 38.3 Å². The van der Waals surface area contributed by atoms with E-state index in [1.807, 2.05) is 0 Å². The number of hydrogen-bond donors (Lipinski definition) is 2. The third-order valence-electron chi connectivity index (χ3n) is 6.30. The molecule has 0 aliphatic heterocycles. The molecule has 4 saturated carbocycles. The van der Waals surface area contributed by atoms with Crippen molar-refractivity contribution in [3.05, 3.63) is 41.6 Å². The zero-order chi connectivity index (χ0) is 18.1. The Balaban J connectivity index is 1.39. The first kappa shape index (κ1) is 16.7. The Morgan fingerprint density at radius 3 is 2.08 bits per heavy atom. The van der Waals surface area contributed by atoms with Crippen molar-refractivity contribution < 1.29 is 4.79 Å². The van der Waals surface area contributed by atoms with Crippen molar-refractivity contribution in [2.75, 3.05) is 5.32 Å². The lowest BCUT2D eigenvalue weighted by Crippen LogP contribution is -2.55. The number of rotatable bonds is 4. The number of benzene rings is 1. The van der Waals surface area contributed by atoms with E-state index in [-0.39, 0.29) is 11.5 Å². The molecule has 5 nitrogen and oxygen atoms in total. The molecule has 0 saturated heterocycles. The summed E-state index contributed by atoms with van der Waals surface area (Å²) in [6, 6.07) is 11.1. The molecule has 132 valence electrons. The summed E-state index contributed by atoms with van der Waals surface area (Å²) in [6.45, 7) is 0. The third-order valence-corrected chi connectivity index (χ3v) is 6.30. The number of anilines is 1. The maximum absolute atomic E-state index is 12.7. The van der Waals surface area contributed by atoms with E-state index >= 15 is 0 Å². The lowest BCUT2D eigenvalue weighted by Gasteiger charge is -2.54. The van der Waals surface area contributed by atoms with Crippen LogP contribution in [0.15, 0.2) is 36.0 Å². The molecule has 0 unspecified atom stereocenters. The fraction of sp³-hybridized carbons (Fsp3) is 0.476. The zero-order valence-corrected chi connectivity index (χ0v) is 14.6. The molecular weight excluding hydrogens is 324 g/mol. The van der Waals surface area contributed by atoms with Crippen LogP contribution in [0.2, 0.25) is 0 Å². The van der Waals surface area contributed by atoms with E-state index in [0.29, 0.717) is 23.4 Å². The molecule has 4 aliphatic carbocycles. The second-order valence-corrected chi connectivity index (χ2v) is 7.93. The van der Waals surface area contributed by atoms with Crippen LogP contribution in [-0.2, 0) is 0 Å². The summed E-state index contributed by atoms with van der Waals surface area (Å²) in [4.78, 5) is 12.7. The largest absolute Gasteiger partial charge is 0.360 e. The first-order chi connectivity index (χ1) is 12.7. The molecule has 0 heterocycles. The van der Waals surface area contributed by atoms with Gasteiger partial charge in [0.05, 0.1) is 0 Å². The summed E-state index contributed by atoms with van der Waals surface area (Å²) in [5, 5.41) is 23.7. The first-order valence-electron chi connectivity index (χ1n) is 9.34. The minimum absolute atomic E-state index is 0.000644. The molecule has 4 bridgehead atoms. The number of carbonyl (C=O) groups excluding carboxylic acids is 1. The van der Waals surface area contributed by atoms with Gasteiger partial charge in [-0.3, -0.25) is 4.79 Å². The summed E-state index contributed by atoms with van der Waals surface area (Å²) >= 11 is 0. The van der Waals surface area contributed by atoms with Crippen molar-refractivity contribution >= 4 is 11.6 Å². The lowest BCUT2D eigenvalue weighted by atomic mass is 9.54. The predicted molar refractivity (Wildman–Crippen MR) is 97.7 cm³/mol. The van der Waals surface area contributed by atoms with Crippen molar-refractivity contribution in [1.29, 1.82) is 10.5 Å². The molecule has 2 N–H and O–H groups in total. The Hall–Kier alpha value is -2.79. The molecule has 0 radical (unpaired) electrons. The van der Waals surface area contributed by atoms with Gasteiger partial charge in [0.1, 0.15) is 17.7 Å². The van der Waals surface area contributed by atoms with Crippen LogP contribution in [0.1, 0.15) is 42.5 Å². The van der Waals surface area contributed by atoms with E-state index < -0.39 is 0 Å². The second-order valence-electron chi connectivity index (χ2n) is 7.93. The SMILES string of the molecule is N#CC(C#N)=CNc1ccc(C(=O)NC2C3CC4CC(C3)CC2C4)cc1. The van der Waals surface area contributed by atoms with Crippen LogP contribution >= 0.6 is 0 Å². The molecule has 1 amide bonds. The van der Waals surface area contributed by atoms with Crippen LogP contribution < -0.4 is 10.6 Å². The van der Waals surface area contributed by atoms with Crippen molar-refractivity contribution in [3.63, 3.8) is 0 Å². The number of amides is 1. The number of hydrogen-bond acceptors (Lipinski definition) is 4. The Labute approximate surface area is 153 Å². The highest BCUT2D eigenvalue weighted by molar-refractivity contribution is 5.94. The quantitative estimate of drug-likeness (QED) is 0.816. The molecule has 0 atom stereocenters. The predicted octanol–water partition coefficient (Wildman–Crippen LogP) is 3.58. The number of carbonyl (C=O) groups is 1. The second kappa shape index (κ2) is 6.84. The van der Waals surface area contributed by atoms with Crippen molar-refractivity contribution in [1.82, 2.24) is 5.32 Å². The van der Waals surface area contributed by atoms with Crippen LogP contribution in [-0.4, -0.2) is 11.9 Å². The average molecular weight is 346 g/mol. The van der Waals surface area contributed by atoms with Crippen molar-refractivity contribution in [2.24, 2.45) is 23.7 Å². The fourth-order valence-corrected chi connectivity index (χ4v) is 5.36. The molecule has 1 aromatic rings. The highest BCUT2D eigenvalue weighted by Gasteiger charge is 2.48. The monoisotopic (exact) mass is 346 g/mol. The van der Waals surface area contributed by atoms with E-state index in [9.17, 15) is 4.79 Å². The molecule has 4 fully saturated rings. The van der Waals surface area contributed by atoms with E-state index in [0.717, 1.165) is 17.5 Å². The summed E-state index contributed by atoms with van der Waals surface area (Å²) in [6.07, 6.45) is 7.92. The molecule has 26 heavy (non-hydrogen) atoms. The first-order valence-corrected chi connectivity index (χ1v) is 9.34. The molecular formula is C21H22N4O. The molecule has 5 heteroatoms. The Kier molecular flexibility index (Phi) is 4.39. The Morgan fingerprint density at radius 2 is 1.54 bits per heavy atom. The van der Waals surface area contributed by atoms with Gasteiger partial charge >= 0.3 is 0 Å². The maximum atomic E-state index is 12.7. The minimum Gasteiger partial charge on any atom is -0.360 e. The number of nitrogens with zero attached hydrogens (tertiary/aromatic N) is 2. The zero-order valence-electron chi connectivity index (χ0n) is 14.6. The van der Waals surface area contributed by atoms with Gasteiger partial charge in [-0.1, -0.05) is 0 Å². The molecule has 0 aromatic heterocycles. The van der Waals surface area contributed by atoms with Crippen molar-refractivity contribution in [3.8, 4) is 12.1 Å². The highest BCUT2D eigenvalue weighted by atomic mass is 16.1. The molecule has 1 aromatic carbocycles. The summed E-state index contributed by atoms with van der Waals surface area (Å²) in [5.41, 5.74) is 1.39. The smallest absolute Gasteiger partial charge is 0.251 e. The van der Waals surface area contributed by atoms with Gasteiger partial charge in [-0.05, 0) is 80.0 Å². The van der Waals surface area contributed by atoms with Crippen LogP contribution in [0.5, 0.6) is 0 Å². The molecule has 4 aliphatic rings. The standard InChI is InChI=1S/C21H22N4O/c22-10-15(11-23)12-24-19-3-1-16(2-4-19)21(26)25-20-17-6-13-5-14(8-17)9-18(20)7-13/h1-4,12-14,17-18,20,24H,5-9H2,(H,25,26). The van der Waals surface area contributed by atoms with Crippen LogP contribution in [0.4, 0.5) is 5.69 Å². The Bertz CT molecular complexity index is 768. The maximum Gasteiger partial charge on any atom is 0.251 e. The lowest BCUT2D eigenvalue weighted by molar-refractivity contribution is -0.0119. The number of nitrogens with one attached hydrogen (secondary N) is 2. The third kappa shape index (κ3) is 3.18. The van der Waals surface area contributed by atoms with E-state index in [2.05, 4.69) is 10.6 Å².